The van der Waals surface area contributed by atoms with Gasteiger partial charge in [-0.2, -0.15) is 0 Å². The number of anilines is 1. The molecule has 110 valence electrons. The van der Waals surface area contributed by atoms with Crippen molar-refractivity contribution in [2.75, 3.05) is 18.0 Å². The Bertz CT molecular complexity index is 480. The fraction of sp³-hybridized carbons (Fsp3) is 0.733. The first-order chi connectivity index (χ1) is 9.47. The van der Waals surface area contributed by atoms with Crippen molar-refractivity contribution in [3.05, 3.63) is 11.6 Å². The second kappa shape index (κ2) is 5.02. The monoisotopic (exact) mass is 293 g/mol. The summed E-state index contributed by atoms with van der Waals surface area (Å²) in [7, 11) is 0. The second-order valence-corrected chi connectivity index (χ2v) is 7.77. The quantitative estimate of drug-likeness (QED) is 0.799. The van der Waals surface area contributed by atoms with Gasteiger partial charge in [-0.3, -0.25) is 4.79 Å². The molecule has 2 saturated heterocycles. The van der Waals surface area contributed by atoms with Gasteiger partial charge in [-0.15, -0.1) is 11.3 Å². The molecule has 5 heteroatoms. The first kappa shape index (κ1) is 13.9. The Hall–Kier alpha value is -1.10. The molecular weight excluding hydrogens is 270 g/mol. The van der Waals surface area contributed by atoms with E-state index in [0.717, 1.165) is 37.5 Å². The molecule has 0 radical (unpaired) electrons. The Kier molecular flexibility index (Phi) is 3.48. The highest BCUT2D eigenvalue weighted by atomic mass is 32.1. The van der Waals surface area contributed by atoms with Crippen molar-refractivity contribution >= 4 is 22.4 Å². The van der Waals surface area contributed by atoms with Gasteiger partial charge in [-0.05, 0) is 19.3 Å². The summed E-state index contributed by atoms with van der Waals surface area (Å²) in [5.41, 5.74) is -0.281. The molecule has 2 fully saturated rings. The van der Waals surface area contributed by atoms with Crippen LogP contribution in [0.5, 0.6) is 0 Å². The number of hydrogen-bond donors (Lipinski definition) is 0. The van der Waals surface area contributed by atoms with Gasteiger partial charge in [0, 0.05) is 42.2 Å². The van der Waals surface area contributed by atoms with Crippen LogP contribution < -0.4 is 4.90 Å². The average Bonchev–Trinajstić information content (AvgIpc) is 2.95. The number of amides is 1. The van der Waals surface area contributed by atoms with E-state index in [-0.39, 0.29) is 5.41 Å². The van der Waals surface area contributed by atoms with E-state index in [4.69, 9.17) is 0 Å². The van der Waals surface area contributed by atoms with E-state index in [9.17, 15) is 4.79 Å². The summed E-state index contributed by atoms with van der Waals surface area (Å²) >= 11 is 1.69. The van der Waals surface area contributed by atoms with Crippen molar-refractivity contribution in [1.82, 2.24) is 9.88 Å². The summed E-state index contributed by atoms with van der Waals surface area (Å²) in [5.74, 6) is 0.311. The molecule has 2 unspecified atom stereocenters. The molecule has 0 aliphatic carbocycles. The molecule has 1 aromatic rings. The Balaban J connectivity index is 1.81. The Morgan fingerprint density at radius 2 is 2.05 bits per heavy atom. The number of carbonyl (C=O) groups excluding carboxylic acids is 1. The Morgan fingerprint density at radius 3 is 2.70 bits per heavy atom. The standard InChI is InChI=1S/C15H23N3OS/c1-15(2,3)13(19)18-11-4-5-12(18)10-17(8-6-11)14-16-7-9-20-14/h7,9,11-12H,4-6,8,10H2,1-3H3. The summed E-state index contributed by atoms with van der Waals surface area (Å²) < 4.78 is 0. The number of fused-ring (bicyclic) bond motifs is 2. The van der Waals surface area contributed by atoms with Crippen molar-refractivity contribution in [2.45, 2.75) is 52.1 Å². The first-order valence-electron chi connectivity index (χ1n) is 7.44. The molecule has 2 aliphatic rings. The van der Waals surface area contributed by atoms with Crippen LogP contribution in [0.15, 0.2) is 11.6 Å². The first-order valence-corrected chi connectivity index (χ1v) is 8.32. The third kappa shape index (κ3) is 2.43. The van der Waals surface area contributed by atoms with Crippen LogP contribution in [0.1, 0.15) is 40.0 Å². The van der Waals surface area contributed by atoms with Gasteiger partial charge in [0.1, 0.15) is 0 Å². The average molecular weight is 293 g/mol. The van der Waals surface area contributed by atoms with Crippen LogP contribution in [0, 0.1) is 5.41 Å². The fourth-order valence-electron chi connectivity index (χ4n) is 3.34. The van der Waals surface area contributed by atoms with Crippen LogP contribution in [-0.4, -0.2) is 41.0 Å². The summed E-state index contributed by atoms with van der Waals surface area (Å²) in [5, 5.41) is 3.12. The zero-order valence-corrected chi connectivity index (χ0v) is 13.3. The molecule has 0 aromatic carbocycles. The third-order valence-electron chi connectivity index (χ3n) is 4.35. The molecule has 2 bridgehead atoms. The summed E-state index contributed by atoms with van der Waals surface area (Å²) in [4.78, 5) is 21.7. The third-order valence-corrected chi connectivity index (χ3v) is 5.18. The molecule has 0 N–H and O–H groups in total. The molecule has 0 spiro atoms. The zero-order valence-electron chi connectivity index (χ0n) is 12.5. The van der Waals surface area contributed by atoms with Gasteiger partial charge in [0.05, 0.1) is 0 Å². The van der Waals surface area contributed by atoms with Crippen molar-refractivity contribution in [3.8, 4) is 0 Å². The number of nitrogens with zero attached hydrogens (tertiary/aromatic N) is 3. The smallest absolute Gasteiger partial charge is 0.228 e. The van der Waals surface area contributed by atoms with Crippen LogP contribution >= 0.6 is 11.3 Å². The van der Waals surface area contributed by atoms with Gasteiger partial charge in [0.25, 0.3) is 0 Å². The van der Waals surface area contributed by atoms with Crippen molar-refractivity contribution < 1.29 is 4.79 Å². The maximum atomic E-state index is 12.7. The molecule has 1 amide bonds. The van der Waals surface area contributed by atoms with Crippen LogP contribution in [0.25, 0.3) is 0 Å². The van der Waals surface area contributed by atoms with Crippen LogP contribution in [0.2, 0.25) is 0 Å². The molecule has 0 saturated carbocycles. The van der Waals surface area contributed by atoms with Gasteiger partial charge in [-0.1, -0.05) is 20.8 Å². The molecular formula is C15H23N3OS. The number of aromatic nitrogens is 1. The Morgan fingerprint density at radius 1 is 1.30 bits per heavy atom. The van der Waals surface area contributed by atoms with Gasteiger partial charge >= 0.3 is 0 Å². The SMILES string of the molecule is CC(C)(C)C(=O)N1C2CCC1CN(c1nccs1)CC2. The lowest BCUT2D eigenvalue weighted by Gasteiger charge is -2.34. The van der Waals surface area contributed by atoms with E-state index in [1.165, 1.54) is 0 Å². The minimum Gasteiger partial charge on any atom is -0.346 e. The highest BCUT2D eigenvalue weighted by Gasteiger charge is 2.43. The lowest BCUT2D eigenvalue weighted by molar-refractivity contribution is -0.142. The van der Waals surface area contributed by atoms with Gasteiger partial charge in [0.2, 0.25) is 5.91 Å². The number of hydrogen-bond acceptors (Lipinski definition) is 4. The maximum Gasteiger partial charge on any atom is 0.228 e. The van der Waals surface area contributed by atoms with E-state index in [1.807, 2.05) is 32.3 Å². The van der Waals surface area contributed by atoms with Crippen molar-refractivity contribution in [3.63, 3.8) is 0 Å². The highest BCUT2D eigenvalue weighted by molar-refractivity contribution is 7.13. The normalized spacial score (nSPS) is 26.8. The molecule has 1 aromatic heterocycles. The summed E-state index contributed by atoms with van der Waals surface area (Å²) in [6, 6.07) is 0.787. The van der Waals surface area contributed by atoms with Crippen LogP contribution in [-0.2, 0) is 4.79 Å². The largest absolute Gasteiger partial charge is 0.346 e. The highest BCUT2D eigenvalue weighted by Crippen LogP contribution is 2.35. The molecule has 20 heavy (non-hydrogen) atoms. The number of rotatable bonds is 1. The summed E-state index contributed by atoms with van der Waals surface area (Å²) in [6.45, 7) is 8.03. The van der Waals surface area contributed by atoms with Crippen LogP contribution in [0.4, 0.5) is 5.13 Å². The number of thiazole rings is 1. The van der Waals surface area contributed by atoms with Crippen LogP contribution in [0.3, 0.4) is 0 Å². The maximum absolute atomic E-state index is 12.7. The molecule has 3 rings (SSSR count). The molecule has 2 aliphatic heterocycles. The van der Waals surface area contributed by atoms with E-state index < -0.39 is 0 Å². The number of carbonyl (C=O) groups is 1. The van der Waals surface area contributed by atoms with Crippen molar-refractivity contribution in [1.29, 1.82) is 0 Å². The van der Waals surface area contributed by atoms with E-state index >= 15 is 0 Å². The minimum absolute atomic E-state index is 0.281. The zero-order chi connectivity index (χ0) is 14.3. The molecule has 4 nitrogen and oxygen atoms in total. The van der Waals surface area contributed by atoms with Crippen molar-refractivity contribution in [2.24, 2.45) is 5.41 Å². The van der Waals surface area contributed by atoms with Gasteiger partial charge < -0.3 is 9.80 Å². The Labute approximate surface area is 124 Å². The summed E-state index contributed by atoms with van der Waals surface area (Å²) in [6.07, 6.45) is 5.23. The molecule has 2 atom stereocenters. The van der Waals surface area contributed by atoms with E-state index in [2.05, 4.69) is 14.8 Å². The lowest BCUT2D eigenvalue weighted by atomic mass is 9.93. The predicted molar refractivity (Wildman–Crippen MR) is 82.1 cm³/mol. The minimum atomic E-state index is -0.281. The molecule has 3 heterocycles. The predicted octanol–water partition coefficient (Wildman–Crippen LogP) is 2.76. The van der Waals surface area contributed by atoms with E-state index in [0.29, 0.717) is 18.0 Å². The lowest BCUT2D eigenvalue weighted by Crippen LogP contribution is -2.47. The van der Waals surface area contributed by atoms with Gasteiger partial charge in [-0.25, -0.2) is 4.98 Å². The van der Waals surface area contributed by atoms with E-state index in [1.54, 1.807) is 11.3 Å². The topological polar surface area (TPSA) is 36.4 Å². The van der Waals surface area contributed by atoms with Gasteiger partial charge in [0.15, 0.2) is 5.13 Å². The second-order valence-electron chi connectivity index (χ2n) is 6.90. The fourth-order valence-corrected chi connectivity index (χ4v) is 4.02.